The Morgan fingerprint density at radius 3 is 1.68 bits per heavy atom. The second-order valence-corrected chi connectivity index (χ2v) is 8.16. The van der Waals surface area contributed by atoms with E-state index in [0.29, 0.717) is 65.7 Å². The van der Waals surface area contributed by atoms with Crippen LogP contribution in [0.15, 0.2) is 84.9 Å². The Morgan fingerprint density at radius 1 is 0.676 bits per heavy atom. The average Bonchev–Trinajstić information content (AvgIpc) is 2.92. The number of rotatable bonds is 10. The van der Waals surface area contributed by atoms with E-state index in [2.05, 4.69) is 5.32 Å². The molecular formula is C29H27F2N3O3. The van der Waals surface area contributed by atoms with Crippen LogP contribution >= 0.6 is 0 Å². The fraction of sp³-hybridized carbons (Fsp3) is 0.138. The number of nitrogens with one attached hydrogen (secondary N) is 1. The van der Waals surface area contributed by atoms with E-state index in [1.807, 2.05) is 0 Å². The number of ether oxygens (including phenoxy) is 2. The summed E-state index contributed by atoms with van der Waals surface area (Å²) in [5.41, 5.74) is 14.8. The molecule has 0 aliphatic heterocycles. The van der Waals surface area contributed by atoms with Crippen molar-refractivity contribution >= 4 is 11.6 Å². The van der Waals surface area contributed by atoms with Gasteiger partial charge in [-0.15, -0.1) is 0 Å². The molecule has 4 aromatic carbocycles. The average molecular weight is 504 g/mol. The van der Waals surface area contributed by atoms with Crippen LogP contribution in [0, 0.1) is 11.6 Å². The maximum absolute atomic E-state index is 13.5. The second-order valence-electron chi connectivity index (χ2n) is 8.16. The maximum atomic E-state index is 13.5. The number of amides is 1. The largest absolute Gasteiger partial charge is 0.492 e. The predicted octanol–water partition coefficient (Wildman–Crippen LogP) is 5.23. The van der Waals surface area contributed by atoms with Crippen LogP contribution in [0.2, 0.25) is 0 Å². The van der Waals surface area contributed by atoms with Gasteiger partial charge in [-0.1, -0.05) is 24.3 Å². The summed E-state index contributed by atoms with van der Waals surface area (Å²) in [6.07, 6.45) is 0. The van der Waals surface area contributed by atoms with Gasteiger partial charge >= 0.3 is 0 Å². The molecule has 5 N–H and O–H groups in total. The summed E-state index contributed by atoms with van der Waals surface area (Å²) >= 11 is 0. The van der Waals surface area contributed by atoms with Gasteiger partial charge in [0.25, 0.3) is 5.91 Å². The SMILES string of the molecule is NCCOc1ccc(NC(=O)c2ccc(OCCN)c(-c3ccc(F)cc3)c2)cc1-c1ccc(F)cc1. The minimum Gasteiger partial charge on any atom is -0.492 e. The highest BCUT2D eigenvalue weighted by Crippen LogP contribution is 2.34. The number of hydrogen-bond donors (Lipinski definition) is 3. The van der Waals surface area contributed by atoms with E-state index >= 15 is 0 Å². The Kier molecular flexibility index (Phi) is 8.45. The molecule has 1 amide bonds. The lowest BCUT2D eigenvalue weighted by atomic mass is 10.0. The first kappa shape index (κ1) is 25.8. The smallest absolute Gasteiger partial charge is 0.255 e. The van der Waals surface area contributed by atoms with Gasteiger partial charge in [0, 0.05) is 35.5 Å². The summed E-state index contributed by atoms with van der Waals surface area (Å²) in [6, 6.07) is 22.2. The number of halogens is 2. The monoisotopic (exact) mass is 503 g/mol. The van der Waals surface area contributed by atoms with Crippen LogP contribution in [0.4, 0.5) is 14.5 Å². The van der Waals surface area contributed by atoms with Crippen molar-refractivity contribution in [2.24, 2.45) is 11.5 Å². The molecule has 0 aromatic heterocycles. The lowest BCUT2D eigenvalue weighted by Crippen LogP contribution is -2.14. The van der Waals surface area contributed by atoms with Crippen LogP contribution in [0.3, 0.4) is 0 Å². The maximum Gasteiger partial charge on any atom is 0.255 e. The van der Waals surface area contributed by atoms with Crippen LogP contribution in [0.1, 0.15) is 10.4 Å². The van der Waals surface area contributed by atoms with E-state index in [-0.39, 0.29) is 17.5 Å². The molecule has 37 heavy (non-hydrogen) atoms. The van der Waals surface area contributed by atoms with Crippen molar-refractivity contribution in [1.29, 1.82) is 0 Å². The number of benzene rings is 4. The van der Waals surface area contributed by atoms with Gasteiger partial charge in [-0.2, -0.15) is 0 Å². The van der Waals surface area contributed by atoms with Gasteiger partial charge in [0.1, 0.15) is 36.3 Å². The van der Waals surface area contributed by atoms with Crippen LogP contribution in [0.5, 0.6) is 11.5 Å². The van der Waals surface area contributed by atoms with Crippen LogP contribution in [-0.2, 0) is 0 Å². The highest BCUT2D eigenvalue weighted by molar-refractivity contribution is 6.05. The molecule has 0 radical (unpaired) electrons. The summed E-state index contributed by atoms with van der Waals surface area (Å²) in [7, 11) is 0. The molecule has 0 unspecified atom stereocenters. The molecule has 6 nitrogen and oxygen atoms in total. The normalized spacial score (nSPS) is 10.7. The van der Waals surface area contributed by atoms with Crippen LogP contribution < -0.4 is 26.3 Å². The summed E-state index contributed by atoms with van der Waals surface area (Å²) in [5, 5.41) is 2.90. The van der Waals surface area contributed by atoms with Crippen LogP contribution in [-0.4, -0.2) is 32.2 Å². The Balaban J connectivity index is 1.64. The zero-order valence-electron chi connectivity index (χ0n) is 20.0. The Bertz CT molecular complexity index is 1360. The molecule has 0 spiro atoms. The molecule has 190 valence electrons. The van der Waals surface area contributed by atoms with Crippen LogP contribution in [0.25, 0.3) is 22.3 Å². The molecule has 0 bridgehead atoms. The van der Waals surface area contributed by atoms with E-state index in [0.717, 1.165) is 5.56 Å². The molecule has 4 rings (SSSR count). The van der Waals surface area contributed by atoms with Gasteiger partial charge in [-0.25, -0.2) is 8.78 Å². The van der Waals surface area contributed by atoms with Gasteiger partial charge in [-0.05, 0) is 71.8 Å². The van der Waals surface area contributed by atoms with Crippen molar-refractivity contribution in [1.82, 2.24) is 0 Å². The minimum absolute atomic E-state index is 0.296. The molecule has 0 saturated carbocycles. The summed E-state index contributed by atoms with van der Waals surface area (Å²) in [5.74, 6) is 0.0319. The molecule has 0 heterocycles. The van der Waals surface area contributed by atoms with Crippen molar-refractivity contribution in [2.75, 3.05) is 31.6 Å². The molecule has 0 atom stereocenters. The van der Waals surface area contributed by atoms with Gasteiger partial charge in [0.15, 0.2) is 0 Å². The summed E-state index contributed by atoms with van der Waals surface area (Å²) < 4.78 is 38.5. The summed E-state index contributed by atoms with van der Waals surface area (Å²) in [4.78, 5) is 13.2. The number of nitrogens with two attached hydrogens (primary N) is 2. The molecule has 0 fully saturated rings. The number of anilines is 1. The fourth-order valence-corrected chi connectivity index (χ4v) is 3.78. The zero-order valence-corrected chi connectivity index (χ0v) is 20.0. The number of carbonyl (C=O) groups excluding carboxylic acids is 1. The van der Waals surface area contributed by atoms with E-state index < -0.39 is 0 Å². The Labute approximate surface area is 213 Å². The van der Waals surface area contributed by atoms with Crippen molar-refractivity contribution in [3.05, 3.63) is 102 Å². The van der Waals surface area contributed by atoms with Gasteiger partial charge in [0.2, 0.25) is 0 Å². The predicted molar refractivity (Wildman–Crippen MR) is 141 cm³/mol. The number of carbonyl (C=O) groups is 1. The van der Waals surface area contributed by atoms with Gasteiger partial charge in [-0.3, -0.25) is 4.79 Å². The highest BCUT2D eigenvalue weighted by atomic mass is 19.1. The Morgan fingerprint density at radius 2 is 1.16 bits per heavy atom. The van der Waals surface area contributed by atoms with Gasteiger partial charge < -0.3 is 26.3 Å². The lowest BCUT2D eigenvalue weighted by molar-refractivity contribution is 0.102. The number of hydrogen-bond acceptors (Lipinski definition) is 5. The Hall–Kier alpha value is -4.27. The lowest BCUT2D eigenvalue weighted by Gasteiger charge is -2.15. The third-order valence-corrected chi connectivity index (χ3v) is 5.54. The minimum atomic E-state index is -0.363. The van der Waals surface area contributed by atoms with E-state index in [1.54, 1.807) is 60.7 Å². The third-order valence-electron chi connectivity index (χ3n) is 5.54. The van der Waals surface area contributed by atoms with Crippen molar-refractivity contribution in [3.8, 4) is 33.8 Å². The zero-order chi connectivity index (χ0) is 26.2. The molecular weight excluding hydrogens is 476 g/mol. The van der Waals surface area contributed by atoms with E-state index in [4.69, 9.17) is 20.9 Å². The van der Waals surface area contributed by atoms with Gasteiger partial charge in [0.05, 0.1) is 0 Å². The topological polar surface area (TPSA) is 99.6 Å². The highest BCUT2D eigenvalue weighted by Gasteiger charge is 2.15. The first-order valence-electron chi connectivity index (χ1n) is 11.8. The van der Waals surface area contributed by atoms with E-state index in [9.17, 15) is 13.6 Å². The summed E-state index contributed by atoms with van der Waals surface area (Å²) in [6.45, 7) is 1.27. The van der Waals surface area contributed by atoms with E-state index in [1.165, 1.54) is 24.3 Å². The first-order chi connectivity index (χ1) is 18.0. The third kappa shape index (κ3) is 6.49. The van der Waals surface area contributed by atoms with Crippen molar-refractivity contribution in [3.63, 3.8) is 0 Å². The molecule has 4 aromatic rings. The molecule has 0 aliphatic rings. The molecule has 0 aliphatic carbocycles. The first-order valence-corrected chi connectivity index (χ1v) is 11.8. The van der Waals surface area contributed by atoms with Crippen molar-refractivity contribution in [2.45, 2.75) is 0 Å². The second kappa shape index (κ2) is 12.1. The fourth-order valence-electron chi connectivity index (χ4n) is 3.78. The quantitative estimate of drug-likeness (QED) is 0.275. The standard InChI is InChI=1S/C29H27F2N3O3/c30-22-6-1-19(2-7-22)25-17-21(5-11-27(25)36-15-13-32)29(35)34-24-10-12-28(37-16-14-33)26(18-24)20-3-8-23(31)9-4-20/h1-12,17-18H,13-16,32-33H2,(H,34,35). The molecule has 8 heteroatoms. The molecule has 0 saturated heterocycles. The van der Waals surface area contributed by atoms with Crippen molar-refractivity contribution < 1.29 is 23.0 Å².